The fraction of sp³-hybridized carbons (Fsp3) is 0.214. The number of ketones is 1. The molecule has 0 saturated heterocycles. The summed E-state index contributed by atoms with van der Waals surface area (Å²) in [4.78, 5) is 12.2. The SMILES string of the molecule is CCc1ccc(C(=O)c2cc(C)ccc2N)o1. The Morgan fingerprint density at radius 2 is 2.06 bits per heavy atom. The van der Waals surface area contributed by atoms with Gasteiger partial charge in [0, 0.05) is 17.7 Å². The maximum absolute atomic E-state index is 12.2. The first-order valence-electron chi connectivity index (χ1n) is 5.61. The van der Waals surface area contributed by atoms with Gasteiger partial charge in [0.25, 0.3) is 0 Å². The van der Waals surface area contributed by atoms with Crippen molar-refractivity contribution in [1.29, 1.82) is 0 Å². The van der Waals surface area contributed by atoms with Crippen LogP contribution in [0.2, 0.25) is 0 Å². The molecule has 1 heterocycles. The molecule has 0 amide bonds. The Balaban J connectivity index is 2.39. The van der Waals surface area contributed by atoms with E-state index in [1.807, 2.05) is 26.0 Å². The summed E-state index contributed by atoms with van der Waals surface area (Å²) in [6, 6.07) is 8.92. The zero-order valence-corrected chi connectivity index (χ0v) is 9.99. The van der Waals surface area contributed by atoms with Gasteiger partial charge in [-0.3, -0.25) is 4.79 Å². The number of benzene rings is 1. The van der Waals surface area contributed by atoms with Crippen molar-refractivity contribution >= 4 is 11.5 Å². The molecular weight excluding hydrogens is 214 g/mol. The molecule has 0 bridgehead atoms. The Kier molecular flexibility index (Phi) is 3.00. The Hall–Kier alpha value is -2.03. The number of hydrogen-bond donors (Lipinski definition) is 1. The lowest BCUT2D eigenvalue weighted by Gasteiger charge is -2.03. The van der Waals surface area contributed by atoms with Crippen molar-refractivity contribution in [2.24, 2.45) is 0 Å². The molecule has 0 aliphatic heterocycles. The zero-order valence-electron chi connectivity index (χ0n) is 9.99. The van der Waals surface area contributed by atoms with Crippen molar-refractivity contribution in [2.45, 2.75) is 20.3 Å². The summed E-state index contributed by atoms with van der Waals surface area (Å²) in [7, 11) is 0. The summed E-state index contributed by atoms with van der Waals surface area (Å²) < 4.78 is 5.44. The fourth-order valence-corrected chi connectivity index (χ4v) is 1.69. The number of nitrogens with two attached hydrogens (primary N) is 1. The highest BCUT2D eigenvalue weighted by atomic mass is 16.3. The van der Waals surface area contributed by atoms with Gasteiger partial charge in [-0.15, -0.1) is 0 Å². The van der Waals surface area contributed by atoms with Crippen molar-refractivity contribution in [3.63, 3.8) is 0 Å². The van der Waals surface area contributed by atoms with Gasteiger partial charge in [-0.05, 0) is 31.2 Å². The Labute approximate surface area is 100 Å². The molecule has 2 N–H and O–H groups in total. The molecule has 0 radical (unpaired) electrons. The molecule has 0 aliphatic rings. The lowest BCUT2D eigenvalue weighted by molar-refractivity contribution is 0.101. The van der Waals surface area contributed by atoms with E-state index in [0.29, 0.717) is 17.0 Å². The Bertz CT molecular complexity index is 555. The third kappa shape index (κ3) is 2.23. The van der Waals surface area contributed by atoms with Gasteiger partial charge in [-0.25, -0.2) is 0 Å². The van der Waals surface area contributed by atoms with Gasteiger partial charge in [0.15, 0.2) is 5.76 Å². The third-order valence-corrected chi connectivity index (χ3v) is 2.69. The number of carbonyl (C=O) groups excluding carboxylic acids is 1. The van der Waals surface area contributed by atoms with Crippen LogP contribution in [0.1, 0.15) is 34.4 Å². The topological polar surface area (TPSA) is 56.2 Å². The predicted molar refractivity (Wildman–Crippen MR) is 67.1 cm³/mol. The van der Waals surface area contributed by atoms with Crippen molar-refractivity contribution in [3.05, 3.63) is 53.0 Å². The van der Waals surface area contributed by atoms with Gasteiger partial charge in [0.05, 0.1) is 0 Å². The summed E-state index contributed by atoms with van der Waals surface area (Å²) in [6.07, 6.45) is 0.774. The third-order valence-electron chi connectivity index (χ3n) is 2.69. The molecular formula is C14H15NO2. The number of hydrogen-bond acceptors (Lipinski definition) is 3. The maximum atomic E-state index is 12.2. The van der Waals surface area contributed by atoms with Crippen LogP contribution >= 0.6 is 0 Å². The Morgan fingerprint density at radius 1 is 1.29 bits per heavy atom. The molecule has 0 saturated carbocycles. The summed E-state index contributed by atoms with van der Waals surface area (Å²) in [5.74, 6) is 0.990. The molecule has 0 fully saturated rings. The van der Waals surface area contributed by atoms with Crippen LogP contribution in [-0.4, -0.2) is 5.78 Å². The van der Waals surface area contributed by atoms with Gasteiger partial charge in [-0.1, -0.05) is 18.6 Å². The molecule has 3 nitrogen and oxygen atoms in total. The molecule has 1 aromatic carbocycles. The van der Waals surface area contributed by atoms with Gasteiger partial charge < -0.3 is 10.2 Å². The minimum atomic E-state index is -0.161. The average molecular weight is 229 g/mol. The summed E-state index contributed by atoms with van der Waals surface area (Å²) >= 11 is 0. The van der Waals surface area contributed by atoms with Crippen molar-refractivity contribution in [3.8, 4) is 0 Å². The van der Waals surface area contributed by atoms with Crippen LogP contribution in [0.5, 0.6) is 0 Å². The van der Waals surface area contributed by atoms with E-state index < -0.39 is 0 Å². The average Bonchev–Trinajstić information content (AvgIpc) is 2.80. The van der Waals surface area contributed by atoms with E-state index in [2.05, 4.69) is 0 Å². The number of nitrogen functional groups attached to an aromatic ring is 1. The number of carbonyl (C=O) groups is 1. The minimum Gasteiger partial charge on any atom is -0.458 e. The molecule has 2 aromatic rings. The first kappa shape index (κ1) is 11.5. The molecule has 88 valence electrons. The van der Waals surface area contributed by atoms with Crippen LogP contribution < -0.4 is 5.73 Å². The van der Waals surface area contributed by atoms with Crippen molar-refractivity contribution < 1.29 is 9.21 Å². The van der Waals surface area contributed by atoms with E-state index in [0.717, 1.165) is 17.7 Å². The highest BCUT2D eigenvalue weighted by molar-refractivity contribution is 6.10. The van der Waals surface area contributed by atoms with E-state index in [1.54, 1.807) is 18.2 Å². The van der Waals surface area contributed by atoms with E-state index in [1.165, 1.54) is 0 Å². The largest absolute Gasteiger partial charge is 0.458 e. The summed E-state index contributed by atoms with van der Waals surface area (Å²) in [6.45, 7) is 3.91. The van der Waals surface area contributed by atoms with Gasteiger partial charge in [-0.2, -0.15) is 0 Å². The zero-order chi connectivity index (χ0) is 12.4. The number of aryl methyl sites for hydroxylation is 2. The smallest absolute Gasteiger partial charge is 0.230 e. The minimum absolute atomic E-state index is 0.161. The van der Waals surface area contributed by atoms with E-state index in [-0.39, 0.29) is 5.78 Å². The van der Waals surface area contributed by atoms with Crippen LogP contribution in [0.4, 0.5) is 5.69 Å². The Morgan fingerprint density at radius 3 is 2.71 bits per heavy atom. The highest BCUT2D eigenvalue weighted by Gasteiger charge is 2.16. The molecule has 17 heavy (non-hydrogen) atoms. The van der Waals surface area contributed by atoms with E-state index in [4.69, 9.17) is 10.2 Å². The first-order valence-corrected chi connectivity index (χ1v) is 5.61. The molecule has 0 unspecified atom stereocenters. The normalized spacial score (nSPS) is 10.5. The van der Waals surface area contributed by atoms with Gasteiger partial charge in [0.1, 0.15) is 5.76 Å². The number of anilines is 1. The van der Waals surface area contributed by atoms with Crippen LogP contribution in [-0.2, 0) is 6.42 Å². The molecule has 0 aliphatic carbocycles. The summed E-state index contributed by atoms with van der Waals surface area (Å²) in [5, 5.41) is 0. The number of rotatable bonds is 3. The lowest BCUT2D eigenvalue weighted by atomic mass is 10.0. The highest BCUT2D eigenvalue weighted by Crippen LogP contribution is 2.19. The van der Waals surface area contributed by atoms with Crippen LogP contribution in [0.15, 0.2) is 34.7 Å². The van der Waals surface area contributed by atoms with Crippen molar-refractivity contribution in [2.75, 3.05) is 5.73 Å². The van der Waals surface area contributed by atoms with Crippen LogP contribution in [0.3, 0.4) is 0 Å². The molecule has 1 aromatic heterocycles. The first-order chi connectivity index (χ1) is 8.11. The maximum Gasteiger partial charge on any atom is 0.230 e. The second kappa shape index (κ2) is 4.45. The molecule has 0 spiro atoms. The monoisotopic (exact) mass is 229 g/mol. The van der Waals surface area contributed by atoms with Crippen LogP contribution in [0, 0.1) is 6.92 Å². The summed E-state index contributed by atoms with van der Waals surface area (Å²) in [5.41, 5.74) is 7.79. The second-order valence-electron chi connectivity index (χ2n) is 4.04. The second-order valence-corrected chi connectivity index (χ2v) is 4.04. The quantitative estimate of drug-likeness (QED) is 0.650. The lowest BCUT2D eigenvalue weighted by Crippen LogP contribution is -2.04. The predicted octanol–water partition coefficient (Wildman–Crippen LogP) is 2.96. The molecule has 0 atom stereocenters. The standard InChI is InChI=1S/C14H15NO2/c1-3-10-5-7-13(17-10)14(16)11-8-9(2)4-6-12(11)15/h4-8H,3,15H2,1-2H3. The number of furan rings is 1. The van der Waals surface area contributed by atoms with Gasteiger partial charge in [0.2, 0.25) is 5.78 Å². The van der Waals surface area contributed by atoms with E-state index in [9.17, 15) is 4.79 Å². The fourth-order valence-electron chi connectivity index (χ4n) is 1.69. The van der Waals surface area contributed by atoms with E-state index >= 15 is 0 Å². The van der Waals surface area contributed by atoms with Crippen molar-refractivity contribution in [1.82, 2.24) is 0 Å². The molecule has 2 rings (SSSR count). The van der Waals surface area contributed by atoms with Crippen LogP contribution in [0.25, 0.3) is 0 Å². The van der Waals surface area contributed by atoms with Gasteiger partial charge >= 0.3 is 0 Å². The molecule has 3 heteroatoms.